The van der Waals surface area contributed by atoms with Gasteiger partial charge in [0.25, 0.3) is 11.8 Å². The molecule has 33 heavy (non-hydrogen) atoms. The molecule has 3 aromatic rings. The molecule has 1 aromatic heterocycles. The summed E-state index contributed by atoms with van der Waals surface area (Å²) in [6, 6.07) is 13.9. The maximum absolute atomic E-state index is 13.7. The minimum atomic E-state index is -0.409. The number of halogens is 1. The van der Waals surface area contributed by atoms with Gasteiger partial charge in [0, 0.05) is 41.5 Å². The van der Waals surface area contributed by atoms with Gasteiger partial charge >= 0.3 is 0 Å². The number of benzene rings is 2. The van der Waals surface area contributed by atoms with Crippen molar-refractivity contribution in [3.8, 4) is 11.1 Å². The molecule has 0 atom stereocenters. The summed E-state index contributed by atoms with van der Waals surface area (Å²) in [4.78, 5) is 27.2. The average molecular weight is 445 g/mol. The third-order valence-electron chi connectivity index (χ3n) is 6.30. The molecule has 168 valence electrons. The molecule has 2 N–H and O–H groups in total. The number of carbonyl (C=O) groups is 2. The summed E-state index contributed by atoms with van der Waals surface area (Å²) < 4.78 is 19.3. The van der Waals surface area contributed by atoms with Crippen LogP contribution >= 0.6 is 0 Å². The Balaban J connectivity index is 1.37. The highest BCUT2D eigenvalue weighted by Gasteiger charge is 2.25. The van der Waals surface area contributed by atoms with E-state index in [0.29, 0.717) is 34.2 Å². The van der Waals surface area contributed by atoms with Crippen molar-refractivity contribution in [2.24, 2.45) is 0 Å². The Morgan fingerprint density at radius 3 is 2.76 bits per heavy atom. The number of piperidine rings is 1. The minimum absolute atomic E-state index is 0.0264. The van der Waals surface area contributed by atoms with Crippen LogP contribution in [0.3, 0.4) is 0 Å². The Morgan fingerprint density at radius 1 is 1.15 bits per heavy atom. The topological polar surface area (TPSA) is 74.6 Å². The van der Waals surface area contributed by atoms with E-state index in [9.17, 15) is 14.0 Å². The predicted octanol–water partition coefficient (Wildman–Crippen LogP) is 4.40. The van der Waals surface area contributed by atoms with Crippen molar-refractivity contribution in [1.29, 1.82) is 0 Å². The summed E-state index contributed by atoms with van der Waals surface area (Å²) in [5, 5.41) is 6.01. The van der Waals surface area contributed by atoms with Crippen molar-refractivity contribution in [3.05, 3.63) is 77.5 Å². The first kappa shape index (κ1) is 21.2. The van der Waals surface area contributed by atoms with Crippen LogP contribution in [0, 0.1) is 5.82 Å². The van der Waals surface area contributed by atoms with Crippen molar-refractivity contribution in [3.63, 3.8) is 0 Å². The van der Waals surface area contributed by atoms with E-state index in [4.69, 9.17) is 4.42 Å². The average Bonchev–Trinajstić information content (AvgIpc) is 3.43. The van der Waals surface area contributed by atoms with Gasteiger partial charge in [-0.3, -0.25) is 9.59 Å². The Hall–Kier alpha value is -3.71. The molecule has 0 unspecified atom stereocenters. The van der Waals surface area contributed by atoms with Gasteiger partial charge in [-0.1, -0.05) is 12.1 Å². The first-order valence-electron chi connectivity index (χ1n) is 11.0. The van der Waals surface area contributed by atoms with Crippen LogP contribution in [0.4, 0.5) is 10.1 Å². The summed E-state index contributed by atoms with van der Waals surface area (Å²) >= 11 is 0. The highest BCUT2D eigenvalue weighted by Crippen LogP contribution is 2.34. The fraction of sp³-hybridized carbons (Fsp3) is 0.231. The Bertz CT molecular complexity index is 1260. The summed E-state index contributed by atoms with van der Waals surface area (Å²) in [5.41, 5.74) is 3.71. The number of hydrogen-bond acceptors (Lipinski definition) is 4. The molecule has 3 heterocycles. The van der Waals surface area contributed by atoms with E-state index in [1.54, 1.807) is 24.5 Å². The lowest BCUT2D eigenvalue weighted by Crippen LogP contribution is -2.43. The molecule has 2 aliphatic rings. The van der Waals surface area contributed by atoms with Crippen molar-refractivity contribution >= 4 is 29.2 Å². The van der Waals surface area contributed by atoms with Crippen molar-refractivity contribution in [2.45, 2.75) is 18.9 Å². The molecule has 6 nitrogen and oxygen atoms in total. The van der Waals surface area contributed by atoms with Gasteiger partial charge in [-0.25, -0.2) is 4.39 Å². The number of amides is 2. The SMILES string of the molecule is CNC1CCN(C(=O)c2cccc(-c3coc(C=C4C(=O)Nc5ccc(F)cc54)c3)c2)CC1. The lowest BCUT2D eigenvalue weighted by atomic mass is 10.0. The minimum Gasteiger partial charge on any atom is -0.464 e. The zero-order valence-electron chi connectivity index (χ0n) is 18.2. The van der Waals surface area contributed by atoms with Gasteiger partial charge in [0.15, 0.2) is 0 Å². The largest absolute Gasteiger partial charge is 0.464 e. The highest BCUT2D eigenvalue weighted by molar-refractivity contribution is 6.34. The maximum atomic E-state index is 13.7. The van der Waals surface area contributed by atoms with Crippen LogP contribution in [0.25, 0.3) is 22.8 Å². The van der Waals surface area contributed by atoms with E-state index in [1.165, 1.54) is 12.1 Å². The molecule has 2 aromatic carbocycles. The number of carbonyl (C=O) groups excluding carboxylic acids is 2. The molecule has 2 aliphatic heterocycles. The third kappa shape index (κ3) is 4.19. The van der Waals surface area contributed by atoms with Crippen molar-refractivity contribution in [1.82, 2.24) is 10.2 Å². The molecular formula is C26H24FN3O3. The standard InChI is InChI=1S/C26H24FN3O3/c1-28-20-7-9-30(10-8-20)26(32)17-4-2-3-16(11-17)18-12-21(33-15-18)14-23-22-13-19(27)5-6-24(22)29-25(23)31/h2-6,11-15,20,28H,7-10H2,1H3,(H,29,31). The molecule has 0 radical (unpaired) electrons. The summed E-state index contributed by atoms with van der Waals surface area (Å²) in [7, 11) is 1.96. The number of rotatable bonds is 4. The zero-order valence-corrected chi connectivity index (χ0v) is 18.2. The molecule has 0 aliphatic carbocycles. The van der Waals surface area contributed by atoms with E-state index in [1.807, 2.05) is 36.2 Å². The van der Waals surface area contributed by atoms with Crippen LogP contribution in [0.2, 0.25) is 0 Å². The van der Waals surface area contributed by atoms with Crippen LogP contribution in [0.15, 0.2) is 59.2 Å². The summed E-state index contributed by atoms with van der Waals surface area (Å²) in [6.07, 6.45) is 5.09. The molecule has 0 saturated carbocycles. The van der Waals surface area contributed by atoms with Gasteiger partial charge in [0.05, 0.1) is 11.8 Å². The second-order valence-electron chi connectivity index (χ2n) is 8.38. The van der Waals surface area contributed by atoms with Gasteiger partial charge in [0.2, 0.25) is 0 Å². The monoisotopic (exact) mass is 445 g/mol. The van der Waals surface area contributed by atoms with Crippen LogP contribution in [0.1, 0.15) is 34.5 Å². The highest BCUT2D eigenvalue weighted by atomic mass is 19.1. The van der Waals surface area contributed by atoms with E-state index >= 15 is 0 Å². The molecule has 7 heteroatoms. The Labute approximate surface area is 191 Å². The Kier molecular flexibility index (Phi) is 5.56. The van der Waals surface area contributed by atoms with E-state index in [2.05, 4.69) is 10.6 Å². The van der Waals surface area contributed by atoms with Crippen LogP contribution in [-0.4, -0.2) is 42.9 Å². The number of nitrogens with one attached hydrogen (secondary N) is 2. The van der Waals surface area contributed by atoms with E-state index < -0.39 is 5.82 Å². The number of furan rings is 1. The quantitative estimate of drug-likeness (QED) is 0.584. The van der Waals surface area contributed by atoms with Crippen LogP contribution in [0.5, 0.6) is 0 Å². The first-order valence-corrected chi connectivity index (χ1v) is 11.0. The molecule has 1 saturated heterocycles. The first-order chi connectivity index (χ1) is 16.0. The fourth-order valence-electron chi connectivity index (χ4n) is 4.41. The maximum Gasteiger partial charge on any atom is 0.256 e. The lowest BCUT2D eigenvalue weighted by Gasteiger charge is -2.31. The van der Waals surface area contributed by atoms with Gasteiger partial charge in [0.1, 0.15) is 11.6 Å². The summed E-state index contributed by atoms with van der Waals surface area (Å²) in [6.45, 7) is 1.48. The molecule has 5 rings (SSSR count). The molecule has 0 bridgehead atoms. The second kappa shape index (κ2) is 8.67. The summed E-state index contributed by atoms with van der Waals surface area (Å²) in [5.74, 6) is -0.215. The van der Waals surface area contributed by atoms with Crippen LogP contribution < -0.4 is 10.6 Å². The van der Waals surface area contributed by atoms with Crippen LogP contribution in [-0.2, 0) is 4.79 Å². The number of hydrogen-bond donors (Lipinski definition) is 2. The Morgan fingerprint density at radius 2 is 1.97 bits per heavy atom. The molecular weight excluding hydrogens is 421 g/mol. The van der Waals surface area contributed by atoms with Crippen molar-refractivity contribution in [2.75, 3.05) is 25.5 Å². The van der Waals surface area contributed by atoms with Gasteiger partial charge in [-0.2, -0.15) is 0 Å². The number of anilines is 1. The predicted molar refractivity (Wildman–Crippen MR) is 125 cm³/mol. The van der Waals surface area contributed by atoms with E-state index in [-0.39, 0.29) is 11.8 Å². The van der Waals surface area contributed by atoms with E-state index in [0.717, 1.165) is 37.1 Å². The number of nitrogens with zero attached hydrogens (tertiary/aromatic N) is 1. The smallest absolute Gasteiger partial charge is 0.256 e. The van der Waals surface area contributed by atoms with Gasteiger partial charge in [-0.05, 0) is 67.9 Å². The van der Waals surface area contributed by atoms with Gasteiger partial charge in [-0.15, -0.1) is 0 Å². The fourth-order valence-corrected chi connectivity index (χ4v) is 4.41. The number of likely N-dealkylation sites (tertiary alicyclic amines) is 1. The lowest BCUT2D eigenvalue weighted by molar-refractivity contribution is -0.110. The molecule has 2 amide bonds. The molecule has 1 fully saturated rings. The second-order valence-corrected chi connectivity index (χ2v) is 8.38. The molecule has 0 spiro atoms. The third-order valence-corrected chi connectivity index (χ3v) is 6.30. The normalized spacial score (nSPS) is 17.3. The number of fused-ring (bicyclic) bond motifs is 1. The zero-order chi connectivity index (χ0) is 22.9. The van der Waals surface area contributed by atoms with Crippen molar-refractivity contribution < 1.29 is 18.4 Å². The van der Waals surface area contributed by atoms with Gasteiger partial charge < -0.3 is 20.0 Å².